The second kappa shape index (κ2) is 12.4. The summed E-state index contributed by atoms with van der Waals surface area (Å²) in [5, 5.41) is 0. The molecule has 1 aromatic carbocycles. The minimum Gasteiger partial charge on any atom is -0.476 e. The fraction of sp³-hybridized carbons (Fsp3) is 0.520. The number of hydrogen-bond donors (Lipinski definition) is 0. The Morgan fingerprint density at radius 1 is 1.00 bits per heavy atom. The lowest BCUT2D eigenvalue weighted by Crippen LogP contribution is -2.35. The molecule has 4 heteroatoms. The molecule has 0 amide bonds. The van der Waals surface area contributed by atoms with Gasteiger partial charge in [0, 0.05) is 18.0 Å². The van der Waals surface area contributed by atoms with Crippen LogP contribution in [0.5, 0.6) is 0 Å². The van der Waals surface area contributed by atoms with Crippen LogP contribution in [-0.4, -0.2) is 48.6 Å². The lowest BCUT2D eigenvalue weighted by Gasteiger charge is -2.32. The summed E-state index contributed by atoms with van der Waals surface area (Å²) >= 11 is 0. The molecule has 0 aliphatic carbocycles. The first-order valence-corrected chi connectivity index (χ1v) is 11.2. The Kier molecular flexibility index (Phi) is 9.18. The predicted octanol–water partition coefficient (Wildman–Crippen LogP) is 4.99. The van der Waals surface area contributed by atoms with Crippen LogP contribution in [0.15, 0.2) is 59.9 Å². The van der Waals surface area contributed by atoms with Crippen molar-refractivity contribution < 1.29 is 4.74 Å². The van der Waals surface area contributed by atoms with Gasteiger partial charge < -0.3 is 9.64 Å². The van der Waals surface area contributed by atoms with Crippen molar-refractivity contribution in [3.8, 4) is 0 Å². The van der Waals surface area contributed by atoms with Crippen molar-refractivity contribution in [2.24, 2.45) is 10.9 Å². The van der Waals surface area contributed by atoms with E-state index in [4.69, 9.17) is 4.74 Å². The van der Waals surface area contributed by atoms with Gasteiger partial charge in [0.15, 0.2) is 0 Å². The quantitative estimate of drug-likeness (QED) is 0.622. The third-order valence-electron chi connectivity index (χ3n) is 5.66. The van der Waals surface area contributed by atoms with E-state index in [1.807, 2.05) is 18.2 Å². The zero-order valence-electron chi connectivity index (χ0n) is 17.8. The average Bonchev–Trinajstić information content (AvgIpc) is 3.32. The number of piperidine rings is 1. The van der Waals surface area contributed by atoms with Crippen molar-refractivity contribution in [2.75, 3.05) is 32.8 Å². The molecule has 0 unspecified atom stereocenters. The molecule has 3 heterocycles. The highest BCUT2D eigenvalue weighted by Crippen LogP contribution is 2.22. The Balaban J connectivity index is 0.000000343. The standard InChI is InChI=1S/C20H30N2O.C5H5N/c1-2-3-4-12-22-13-9-18(10-14-22)16-17-5-7-19(8-6-17)20-21-11-15-23-20;1-2-4-6-5-3-1/h5-8,18H,2-4,9-16H2,1H3;1-5H. The maximum atomic E-state index is 5.53. The van der Waals surface area contributed by atoms with Crippen LogP contribution < -0.4 is 0 Å². The molecule has 4 rings (SSSR count). The molecule has 2 aromatic rings. The van der Waals surface area contributed by atoms with Crippen LogP contribution in [0.4, 0.5) is 0 Å². The molecule has 4 nitrogen and oxygen atoms in total. The first-order valence-electron chi connectivity index (χ1n) is 11.2. The van der Waals surface area contributed by atoms with Crippen LogP contribution in [0.2, 0.25) is 0 Å². The molecule has 0 N–H and O–H groups in total. The van der Waals surface area contributed by atoms with Crippen LogP contribution in [0.1, 0.15) is 50.2 Å². The van der Waals surface area contributed by atoms with Crippen LogP contribution in [0.3, 0.4) is 0 Å². The van der Waals surface area contributed by atoms with Crippen molar-refractivity contribution in [3.05, 3.63) is 66.0 Å². The van der Waals surface area contributed by atoms with E-state index >= 15 is 0 Å². The Bertz CT molecular complexity index is 680. The van der Waals surface area contributed by atoms with Crippen LogP contribution in [0.25, 0.3) is 0 Å². The van der Waals surface area contributed by atoms with Gasteiger partial charge in [0.2, 0.25) is 5.90 Å². The van der Waals surface area contributed by atoms with Gasteiger partial charge in [0.25, 0.3) is 0 Å². The Morgan fingerprint density at radius 2 is 1.76 bits per heavy atom. The highest BCUT2D eigenvalue weighted by molar-refractivity contribution is 5.94. The molecular weight excluding hydrogens is 358 g/mol. The maximum Gasteiger partial charge on any atom is 0.216 e. The molecule has 0 atom stereocenters. The van der Waals surface area contributed by atoms with Gasteiger partial charge in [-0.1, -0.05) is 38.0 Å². The summed E-state index contributed by atoms with van der Waals surface area (Å²) in [6.45, 7) is 7.69. The minimum absolute atomic E-state index is 0.730. The number of hydrogen-bond acceptors (Lipinski definition) is 4. The Hall–Kier alpha value is -2.20. The smallest absolute Gasteiger partial charge is 0.216 e. The Labute approximate surface area is 176 Å². The zero-order chi connectivity index (χ0) is 20.2. The van der Waals surface area contributed by atoms with Gasteiger partial charge in [0.05, 0.1) is 6.54 Å². The predicted molar refractivity (Wildman–Crippen MR) is 120 cm³/mol. The van der Waals surface area contributed by atoms with Crippen molar-refractivity contribution >= 4 is 5.90 Å². The van der Waals surface area contributed by atoms with Gasteiger partial charge in [0.1, 0.15) is 6.61 Å². The van der Waals surface area contributed by atoms with Gasteiger partial charge in [-0.25, -0.2) is 4.99 Å². The first-order chi connectivity index (χ1) is 14.3. The van der Waals surface area contributed by atoms with E-state index in [1.165, 1.54) is 63.7 Å². The van der Waals surface area contributed by atoms with E-state index in [0.29, 0.717) is 0 Å². The van der Waals surface area contributed by atoms with E-state index in [-0.39, 0.29) is 0 Å². The number of rotatable bonds is 7. The van der Waals surface area contributed by atoms with Crippen LogP contribution >= 0.6 is 0 Å². The molecule has 1 fully saturated rings. The minimum atomic E-state index is 0.730. The average molecular weight is 394 g/mol. The second-order valence-electron chi connectivity index (χ2n) is 7.95. The van der Waals surface area contributed by atoms with Gasteiger partial charge >= 0.3 is 0 Å². The Morgan fingerprint density at radius 3 is 2.31 bits per heavy atom. The van der Waals surface area contributed by atoms with E-state index in [1.54, 1.807) is 12.4 Å². The summed E-state index contributed by atoms with van der Waals surface area (Å²) in [5.41, 5.74) is 2.58. The molecule has 0 spiro atoms. The highest BCUT2D eigenvalue weighted by Gasteiger charge is 2.19. The number of nitrogens with zero attached hydrogens (tertiary/aromatic N) is 3. The molecule has 2 aliphatic heterocycles. The number of ether oxygens (including phenoxy) is 1. The summed E-state index contributed by atoms with van der Waals surface area (Å²) in [4.78, 5) is 10.8. The normalized spacial score (nSPS) is 17.2. The number of benzene rings is 1. The molecule has 0 bridgehead atoms. The maximum absolute atomic E-state index is 5.53. The summed E-state index contributed by atoms with van der Waals surface area (Å²) in [5.74, 6) is 1.67. The molecule has 2 aliphatic rings. The summed E-state index contributed by atoms with van der Waals surface area (Å²) in [7, 11) is 0. The number of aromatic nitrogens is 1. The molecule has 0 radical (unpaired) electrons. The van der Waals surface area contributed by atoms with E-state index in [2.05, 4.69) is 46.1 Å². The molecule has 29 heavy (non-hydrogen) atoms. The monoisotopic (exact) mass is 393 g/mol. The second-order valence-corrected chi connectivity index (χ2v) is 7.95. The van der Waals surface area contributed by atoms with Crippen molar-refractivity contribution in [1.29, 1.82) is 0 Å². The summed E-state index contributed by atoms with van der Waals surface area (Å²) < 4.78 is 5.53. The SMILES string of the molecule is CCCCCN1CCC(Cc2ccc(C3=NCCO3)cc2)CC1.c1ccncc1. The topological polar surface area (TPSA) is 37.7 Å². The van der Waals surface area contributed by atoms with Crippen LogP contribution in [0, 0.1) is 5.92 Å². The highest BCUT2D eigenvalue weighted by atomic mass is 16.5. The van der Waals surface area contributed by atoms with Crippen molar-refractivity contribution in [3.63, 3.8) is 0 Å². The van der Waals surface area contributed by atoms with Gasteiger partial charge in [-0.15, -0.1) is 0 Å². The lowest BCUT2D eigenvalue weighted by atomic mass is 9.90. The molecule has 0 saturated carbocycles. The van der Waals surface area contributed by atoms with Crippen LogP contribution in [-0.2, 0) is 11.2 Å². The van der Waals surface area contributed by atoms with Crippen molar-refractivity contribution in [1.82, 2.24) is 9.88 Å². The third kappa shape index (κ3) is 7.62. The van der Waals surface area contributed by atoms with E-state index in [9.17, 15) is 0 Å². The summed E-state index contributed by atoms with van der Waals surface area (Å²) in [6.07, 6.45) is 11.5. The third-order valence-corrected chi connectivity index (χ3v) is 5.66. The van der Waals surface area contributed by atoms with E-state index in [0.717, 1.165) is 30.5 Å². The fourth-order valence-corrected chi connectivity index (χ4v) is 3.94. The van der Waals surface area contributed by atoms with E-state index < -0.39 is 0 Å². The molecule has 1 saturated heterocycles. The number of aliphatic imine (C=N–C) groups is 1. The summed E-state index contributed by atoms with van der Waals surface area (Å²) in [6, 6.07) is 14.6. The lowest BCUT2D eigenvalue weighted by molar-refractivity contribution is 0.181. The number of likely N-dealkylation sites (tertiary alicyclic amines) is 1. The molecular formula is C25H35N3O. The first kappa shape index (κ1) is 21.5. The van der Waals surface area contributed by atoms with Gasteiger partial charge in [-0.3, -0.25) is 4.98 Å². The number of pyridine rings is 1. The van der Waals surface area contributed by atoms with Crippen molar-refractivity contribution in [2.45, 2.75) is 45.4 Å². The zero-order valence-corrected chi connectivity index (χ0v) is 17.8. The molecule has 1 aromatic heterocycles. The number of unbranched alkanes of at least 4 members (excludes halogenated alkanes) is 2. The fourth-order valence-electron chi connectivity index (χ4n) is 3.94. The van der Waals surface area contributed by atoms with Gasteiger partial charge in [-0.2, -0.15) is 0 Å². The van der Waals surface area contributed by atoms with Gasteiger partial charge in [-0.05, 0) is 81.1 Å². The molecule has 156 valence electrons. The largest absolute Gasteiger partial charge is 0.476 e.